The van der Waals surface area contributed by atoms with Crippen molar-refractivity contribution in [1.29, 1.82) is 0 Å². The maximum atomic E-state index is 11.2. The second-order valence-electron chi connectivity index (χ2n) is 5.27. The number of aromatic nitrogens is 1. The summed E-state index contributed by atoms with van der Waals surface area (Å²) in [6.07, 6.45) is 0. The molecule has 0 saturated heterocycles. The Morgan fingerprint density at radius 1 is 1.00 bits per heavy atom. The van der Waals surface area contributed by atoms with E-state index in [1.165, 1.54) is 13.8 Å². The van der Waals surface area contributed by atoms with Crippen LogP contribution in [0.5, 0.6) is 0 Å². The van der Waals surface area contributed by atoms with Gasteiger partial charge in [0.2, 0.25) is 17.7 Å². The van der Waals surface area contributed by atoms with Gasteiger partial charge in [-0.3, -0.25) is 9.59 Å². The summed E-state index contributed by atoms with van der Waals surface area (Å²) in [6.45, 7) is 2.87. The number of carbonyl (C=O) groups excluding carboxylic acids is 2. The Morgan fingerprint density at radius 3 is 2.25 bits per heavy atom. The number of hydrogen-bond donors (Lipinski definition) is 2. The summed E-state index contributed by atoms with van der Waals surface area (Å²) >= 11 is 6.20. The summed E-state index contributed by atoms with van der Waals surface area (Å²) in [5, 5.41) is 5.73. The van der Waals surface area contributed by atoms with Crippen LogP contribution in [-0.2, 0) is 9.59 Å². The number of anilines is 2. The molecule has 3 rings (SSSR count). The van der Waals surface area contributed by atoms with E-state index < -0.39 is 0 Å². The number of fused-ring (bicyclic) bond motifs is 1. The van der Waals surface area contributed by atoms with Gasteiger partial charge in [-0.05, 0) is 36.4 Å². The molecule has 0 fully saturated rings. The molecule has 122 valence electrons. The Labute approximate surface area is 142 Å². The Morgan fingerprint density at radius 2 is 1.62 bits per heavy atom. The van der Waals surface area contributed by atoms with Crippen molar-refractivity contribution >= 4 is 45.9 Å². The minimum Gasteiger partial charge on any atom is -0.435 e. The third-order valence-corrected chi connectivity index (χ3v) is 3.50. The van der Waals surface area contributed by atoms with Crippen LogP contribution < -0.4 is 10.6 Å². The number of carbonyl (C=O) groups is 2. The molecular formula is C17H14ClN3O3. The van der Waals surface area contributed by atoms with Crippen LogP contribution in [0.3, 0.4) is 0 Å². The van der Waals surface area contributed by atoms with Gasteiger partial charge in [0.25, 0.3) is 0 Å². The quantitative estimate of drug-likeness (QED) is 0.751. The lowest BCUT2D eigenvalue weighted by molar-refractivity contribution is -0.115. The lowest BCUT2D eigenvalue weighted by Crippen LogP contribution is -2.05. The SMILES string of the molecule is CC(=O)Nc1ccc(-c2nc3cc(NC(C)=O)cc(Cl)c3o2)cc1. The minimum absolute atomic E-state index is 0.137. The molecule has 0 unspecified atom stereocenters. The molecule has 1 heterocycles. The molecule has 0 atom stereocenters. The number of halogens is 1. The predicted octanol–water partition coefficient (Wildman–Crippen LogP) is 4.07. The van der Waals surface area contributed by atoms with Gasteiger partial charge in [-0.25, -0.2) is 4.98 Å². The molecule has 0 saturated carbocycles. The lowest BCUT2D eigenvalue weighted by atomic mass is 10.2. The molecule has 3 aromatic rings. The molecule has 0 radical (unpaired) electrons. The van der Waals surface area contributed by atoms with Crippen molar-refractivity contribution in [1.82, 2.24) is 4.98 Å². The average Bonchev–Trinajstić information content (AvgIpc) is 2.91. The summed E-state index contributed by atoms with van der Waals surface area (Å²) in [4.78, 5) is 26.6. The molecule has 0 aliphatic carbocycles. The van der Waals surface area contributed by atoms with E-state index >= 15 is 0 Å². The summed E-state index contributed by atoms with van der Waals surface area (Å²) in [5.74, 6) is 0.0749. The molecule has 24 heavy (non-hydrogen) atoms. The van der Waals surface area contributed by atoms with E-state index in [0.29, 0.717) is 33.4 Å². The van der Waals surface area contributed by atoms with Crippen molar-refractivity contribution in [2.24, 2.45) is 0 Å². The van der Waals surface area contributed by atoms with Crippen LogP contribution in [0.15, 0.2) is 40.8 Å². The monoisotopic (exact) mass is 343 g/mol. The van der Waals surface area contributed by atoms with Crippen LogP contribution in [0.4, 0.5) is 11.4 Å². The smallest absolute Gasteiger partial charge is 0.227 e. The van der Waals surface area contributed by atoms with Gasteiger partial charge in [0.15, 0.2) is 5.58 Å². The van der Waals surface area contributed by atoms with Gasteiger partial charge in [0.1, 0.15) is 5.52 Å². The van der Waals surface area contributed by atoms with E-state index in [1.807, 2.05) is 0 Å². The van der Waals surface area contributed by atoms with Crippen LogP contribution >= 0.6 is 11.6 Å². The topological polar surface area (TPSA) is 84.2 Å². The molecule has 6 nitrogen and oxygen atoms in total. The first kappa shape index (κ1) is 16.0. The summed E-state index contributed by atoms with van der Waals surface area (Å²) in [6, 6.07) is 10.4. The highest BCUT2D eigenvalue weighted by Gasteiger charge is 2.13. The highest BCUT2D eigenvalue weighted by molar-refractivity contribution is 6.35. The van der Waals surface area contributed by atoms with E-state index in [4.69, 9.17) is 16.0 Å². The summed E-state index contributed by atoms with van der Waals surface area (Å²) in [5.41, 5.74) is 2.99. The standard InChI is InChI=1S/C17H14ClN3O3/c1-9(22)19-12-5-3-11(4-6-12)17-21-15-8-13(20-10(2)23)7-14(18)16(15)24-17/h3-8H,1-2H3,(H,19,22)(H,20,23). The van der Waals surface area contributed by atoms with Gasteiger partial charge in [-0.1, -0.05) is 11.6 Å². The number of oxazole rings is 1. The average molecular weight is 344 g/mol. The Kier molecular flexibility index (Phi) is 4.22. The number of benzene rings is 2. The van der Waals surface area contributed by atoms with E-state index in [1.54, 1.807) is 36.4 Å². The molecule has 2 aromatic carbocycles. The molecule has 0 spiro atoms. The summed E-state index contributed by atoms with van der Waals surface area (Å²) < 4.78 is 5.72. The predicted molar refractivity (Wildman–Crippen MR) is 93.1 cm³/mol. The van der Waals surface area contributed by atoms with E-state index in [0.717, 1.165) is 5.56 Å². The normalized spacial score (nSPS) is 10.6. The number of nitrogens with zero attached hydrogens (tertiary/aromatic N) is 1. The molecule has 0 bridgehead atoms. The Balaban J connectivity index is 1.96. The molecule has 7 heteroatoms. The number of amides is 2. The van der Waals surface area contributed by atoms with Crippen molar-refractivity contribution in [3.63, 3.8) is 0 Å². The number of nitrogens with one attached hydrogen (secondary N) is 2. The van der Waals surface area contributed by atoms with Gasteiger partial charge < -0.3 is 15.1 Å². The first-order valence-electron chi connectivity index (χ1n) is 7.18. The highest BCUT2D eigenvalue weighted by atomic mass is 35.5. The zero-order valence-corrected chi connectivity index (χ0v) is 13.8. The first-order chi connectivity index (χ1) is 11.4. The lowest BCUT2D eigenvalue weighted by Gasteiger charge is -2.02. The number of rotatable bonds is 3. The third kappa shape index (κ3) is 3.38. The first-order valence-corrected chi connectivity index (χ1v) is 7.56. The summed E-state index contributed by atoms with van der Waals surface area (Å²) in [7, 11) is 0. The highest BCUT2D eigenvalue weighted by Crippen LogP contribution is 2.32. The van der Waals surface area contributed by atoms with Crippen molar-refractivity contribution in [2.75, 3.05) is 10.6 Å². The Bertz CT molecular complexity index is 932. The maximum absolute atomic E-state index is 11.2. The second kappa shape index (κ2) is 6.33. The van der Waals surface area contributed by atoms with Crippen LogP contribution in [0, 0.1) is 0 Å². The molecule has 0 aliphatic heterocycles. The van der Waals surface area contributed by atoms with E-state index in [2.05, 4.69) is 15.6 Å². The van der Waals surface area contributed by atoms with Crippen LogP contribution in [-0.4, -0.2) is 16.8 Å². The number of hydrogen-bond acceptors (Lipinski definition) is 4. The zero-order valence-electron chi connectivity index (χ0n) is 13.0. The fourth-order valence-electron chi connectivity index (χ4n) is 2.29. The maximum Gasteiger partial charge on any atom is 0.227 e. The molecule has 0 aliphatic rings. The largest absolute Gasteiger partial charge is 0.435 e. The van der Waals surface area contributed by atoms with Gasteiger partial charge in [-0.2, -0.15) is 0 Å². The van der Waals surface area contributed by atoms with Gasteiger partial charge in [0, 0.05) is 30.8 Å². The van der Waals surface area contributed by atoms with Crippen molar-refractivity contribution in [3.8, 4) is 11.5 Å². The van der Waals surface area contributed by atoms with Gasteiger partial charge in [0.05, 0.1) is 5.02 Å². The van der Waals surface area contributed by atoms with Crippen molar-refractivity contribution in [2.45, 2.75) is 13.8 Å². The zero-order chi connectivity index (χ0) is 17.3. The molecule has 1 aromatic heterocycles. The molecule has 2 amide bonds. The third-order valence-electron chi connectivity index (χ3n) is 3.22. The van der Waals surface area contributed by atoms with Crippen molar-refractivity contribution < 1.29 is 14.0 Å². The van der Waals surface area contributed by atoms with Crippen molar-refractivity contribution in [3.05, 3.63) is 41.4 Å². The Hall–Kier alpha value is -2.86. The van der Waals surface area contributed by atoms with Crippen LogP contribution in [0.25, 0.3) is 22.6 Å². The van der Waals surface area contributed by atoms with Crippen LogP contribution in [0.1, 0.15) is 13.8 Å². The van der Waals surface area contributed by atoms with Crippen LogP contribution in [0.2, 0.25) is 5.02 Å². The van der Waals surface area contributed by atoms with E-state index in [-0.39, 0.29) is 11.8 Å². The molecular weight excluding hydrogens is 330 g/mol. The van der Waals surface area contributed by atoms with E-state index in [9.17, 15) is 9.59 Å². The fraction of sp³-hybridized carbons (Fsp3) is 0.118. The minimum atomic E-state index is -0.192. The van der Waals surface area contributed by atoms with Gasteiger partial charge >= 0.3 is 0 Å². The fourth-order valence-corrected chi connectivity index (χ4v) is 2.54. The second-order valence-corrected chi connectivity index (χ2v) is 5.67. The molecule has 2 N–H and O–H groups in total. The van der Waals surface area contributed by atoms with Gasteiger partial charge in [-0.15, -0.1) is 0 Å².